The molecule has 38 heavy (non-hydrogen) atoms. The van der Waals surface area contributed by atoms with E-state index >= 15 is 0 Å². The molecule has 0 saturated carbocycles. The number of piperazine rings is 1. The Bertz CT molecular complexity index is 1250. The van der Waals surface area contributed by atoms with Crippen LogP contribution >= 0.6 is 23.2 Å². The van der Waals surface area contributed by atoms with Gasteiger partial charge in [0, 0.05) is 61.8 Å². The second-order valence-corrected chi connectivity index (χ2v) is 10.2. The largest absolute Gasteiger partial charge is 0.494 e. The molecular weight excluding hydrogens is 532 g/mol. The Morgan fingerprint density at radius 2 is 1.92 bits per heavy atom. The molecule has 1 unspecified atom stereocenters. The number of amides is 1. The summed E-state index contributed by atoms with van der Waals surface area (Å²) in [6.45, 7) is 4.35. The van der Waals surface area contributed by atoms with E-state index in [-0.39, 0.29) is 29.9 Å². The molecule has 0 spiro atoms. The van der Waals surface area contributed by atoms with E-state index < -0.39 is 5.82 Å². The fraction of sp³-hybridized carbons (Fsp3) is 0.423. The first-order chi connectivity index (χ1) is 18.2. The number of carbonyl (C=O) groups is 1. The number of rotatable bonds is 7. The van der Waals surface area contributed by atoms with Gasteiger partial charge in [-0.25, -0.2) is 9.38 Å². The van der Waals surface area contributed by atoms with E-state index in [0.29, 0.717) is 65.4 Å². The van der Waals surface area contributed by atoms with Crippen molar-refractivity contribution >= 4 is 46.5 Å². The summed E-state index contributed by atoms with van der Waals surface area (Å²) in [5, 5.41) is 0.351. The van der Waals surface area contributed by atoms with Gasteiger partial charge in [-0.1, -0.05) is 23.2 Å². The molecule has 2 aromatic rings. The number of aliphatic imine (C=N–C) groups is 2. The Morgan fingerprint density at radius 1 is 1.18 bits per heavy atom. The number of carbonyl (C=O) groups excluding carboxylic acids is 1. The average molecular weight is 564 g/mol. The highest BCUT2D eigenvalue weighted by Gasteiger charge is 2.28. The van der Waals surface area contributed by atoms with Gasteiger partial charge in [0.25, 0.3) is 5.91 Å². The standard InChI is InChI=1S/C26H32Cl2FN7O2/c1-34-9-11-35(12-10-34)26(37)16-3-6-20(22(13-16)38-2)33-23(30)14-21-25(31)32-7-8-36(21)15-17-18(27)4-5-19(29)24(17)28/h3-6,13,21H,7-12,14-15H2,1-2H3,(H2,30,33)(H2,31,32). The van der Waals surface area contributed by atoms with Crippen LogP contribution < -0.4 is 16.2 Å². The third-order valence-corrected chi connectivity index (χ3v) is 7.61. The van der Waals surface area contributed by atoms with Crippen LogP contribution in [0.1, 0.15) is 22.3 Å². The number of hydrogen-bond donors (Lipinski definition) is 2. The second-order valence-electron chi connectivity index (χ2n) is 9.40. The van der Waals surface area contributed by atoms with Crippen molar-refractivity contribution in [3.8, 4) is 5.75 Å². The van der Waals surface area contributed by atoms with Crippen LogP contribution in [0.3, 0.4) is 0 Å². The molecule has 9 nitrogen and oxygen atoms in total. The minimum absolute atomic E-state index is 0.0186. The molecule has 0 aliphatic carbocycles. The third kappa shape index (κ3) is 6.37. The van der Waals surface area contributed by atoms with Gasteiger partial charge in [0.15, 0.2) is 0 Å². The van der Waals surface area contributed by atoms with Crippen LogP contribution in [0.2, 0.25) is 10.0 Å². The van der Waals surface area contributed by atoms with Crippen molar-refractivity contribution in [1.29, 1.82) is 0 Å². The van der Waals surface area contributed by atoms with Gasteiger partial charge in [0.2, 0.25) is 0 Å². The van der Waals surface area contributed by atoms with Crippen molar-refractivity contribution in [3.63, 3.8) is 0 Å². The molecular formula is C26H32Cl2FN7O2. The monoisotopic (exact) mass is 563 g/mol. The molecule has 2 aliphatic rings. The van der Waals surface area contributed by atoms with Crippen molar-refractivity contribution in [2.45, 2.75) is 19.0 Å². The summed E-state index contributed by atoms with van der Waals surface area (Å²) < 4.78 is 19.6. The highest BCUT2D eigenvalue weighted by molar-refractivity contribution is 6.36. The zero-order valence-electron chi connectivity index (χ0n) is 21.5. The lowest BCUT2D eigenvalue weighted by molar-refractivity contribution is 0.0664. The summed E-state index contributed by atoms with van der Waals surface area (Å²) in [6, 6.07) is 7.47. The van der Waals surface area contributed by atoms with E-state index in [2.05, 4.69) is 14.9 Å². The van der Waals surface area contributed by atoms with Crippen molar-refractivity contribution in [1.82, 2.24) is 14.7 Å². The van der Waals surface area contributed by atoms with Crippen LogP contribution in [0.15, 0.2) is 40.3 Å². The molecule has 2 aromatic carbocycles. The first-order valence-corrected chi connectivity index (χ1v) is 13.1. The Kier molecular flexibility index (Phi) is 9.09. The molecule has 4 N–H and O–H groups in total. The molecule has 4 rings (SSSR count). The quantitative estimate of drug-likeness (QED) is 0.304. The number of likely N-dealkylation sites (N-methyl/N-ethyl adjacent to an activating group) is 1. The van der Waals surface area contributed by atoms with E-state index in [0.717, 1.165) is 13.1 Å². The van der Waals surface area contributed by atoms with E-state index in [1.165, 1.54) is 19.2 Å². The van der Waals surface area contributed by atoms with Crippen molar-refractivity contribution in [2.24, 2.45) is 21.5 Å². The van der Waals surface area contributed by atoms with Crippen molar-refractivity contribution in [2.75, 3.05) is 53.4 Å². The first-order valence-electron chi connectivity index (χ1n) is 12.3. The lowest BCUT2D eigenvalue weighted by Crippen LogP contribution is -2.50. The fourth-order valence-corrected chi connectivity index (χ4v) is 5.08. The topological polar surface area (TPSA) is 113 Å². The number of methoxy groups -OCH3 is 1. The first kappa shape index (κ1) is 28.1. The molecule has 1 saturated heterocycles. The van der Waals surface area contributed by atoms with Crippen LogP contribution in [-0.2, 0) is 6.54 Å². The van der Waals surface area contributed by atoms with Gasteiger partial charge in [0.1, 0.15) is 28.9 Å². The number of hydrogen-bond acceptors (Lipinski definition) is 7. The van der Waals surface area contributed by atoms with E-state index in [1.54, 1.807) is 18.2 Å². The highest BCUT2D eigenvalue weighted by atomic mass is 35.5. The van der Waals surface area contributed by atoms with Crippen molar-refractivity contribution in [3.05, 3.63) is 57.3 Å². The molecule has 204 valence electrons. The highest BCUT2D eigenvalue weighted by Crippen LogP contribution is 2.31. The molecule has 1 atom stereocenters. The molecule has 0 radical (unpaired) electrons. The van der Waals surface area contributed by atoms with Crippen LogP contribution in [0.5, 0.6) is 5.75 Å². The van der Waals surface area contributed by atoms with Gasteiger partial charge in [-0.2, -0.15) is 0 Å². The third-order valence-electron chi connectivity index (χ3n) is 6.85. The molecule has 12 heteroatoms. The summed E-state index contributed by atoms with van der Waals surface area (Å²) >= 11 is 12.5. The predicted molar refractivity (Wildman–Crippen MR) is 149 cm³/mol. The SMILES string of the molecule is COc1cc(C(=O)N2CCN(C)CC2)ccc1N=C(N)CC1C(N)=NCCN1Cc1c(Cl)ccc(F)c1Cl. The van der Waals surface area contributed by atoms with Gasteiger partial charge in [-0.15, -0.1) is 0 Å². The Balaban J connectivity index is 1.51. The number of amidine groups is 2. The second kappa shape index (κ2) is 12.3. The lowest BCUT2D eigenvalue weighted by Gasteiger charge is -2.34. The average Bonchev–Trinajstić information content (AvgIpc) is 2.91. The number of benzene rings is 2. The maximum absolute atomic E-state index is 14.1. The Hall–Kier alpha value is -2.92. The normalized spacial score (nSPS) is 19.4. The molecule has 0 aromatic heterocycles. The van der Waals surface area contributed by atoms with Crippen molar-refractivity contribution < 1.29 is 13.9 Å². The summed E-state index contributed by atoms with van der Waals surface area (Å²) in [7, 11) is 3.56. The van der Waals surface area contributed by atoms with Gasteiger partial charge in [-0.3, -0.25) is 14.7 Å². The minimum Gasteiger partial charge on any atom is -0.494 e. The molecule has 2 aliphatic heterocycles. The Labute approximate surface area is 231 Å². The van der Waals surface area contributed by atoms with Gasteiger partial charge >= 0.3 is 0 Å². The number of ether oxygens (including phenoxy) is 1. The molecule has 1 fully saturated rings. The van der Waals surface area contributed by atoms with Crippen LogP contribution in [0.25, 0.3) is 0 Å². The fourth-order valence-electron chi connectivity index (χ4n) is 4.59. The Morgan fingerprint density at radius 3 is 2.63 bits per heavy atom. The summed E-state index contributed by atoms with van der Waals surface area (Å²) in [5.41, 5.74) is 14.1. The van der Waals surface area contributed by atoms with Crippen LogP contribution in [-0.4, -0.2) is 91.7 Å². The molecule has 0 bridgehead atoms. The summed E-state index contributed by atoms with van der Waals surface area (Å²) in [4.78, 5) is 27.9. The van der Waals surface area contributed by atoms with Gasteiger partial charge in [-0.05, 0) is 37.4 Å². The number of nitrogens with zero attached hydrogens (tertiary/aromatic N) is 5. The van der Waals surface area contributed by atoms with E-state index in [9.17, 15) is 9.18 Å². The summed E-state index contributed by atoms with van der Waals surface area (Å²) in [6.07, 6.45) is 0.269. The van der Waals surface area contributed by atoms with Gasteiger partial charge < -0.3 is 26.0 Å². The maximum atomic E-state index is 14.1. The zero-order valence-corrected chi connectivity index (χ0v) is 23.0. The lowest BCUT2D eigenvalue weighted by atomic mass is 10.1. The maximum Gasteiger partial charge on any atom is 0.254 e. The smallest absolute Gasteiger partial charge is 0.254 e. The van der Waals surface area contributed by atoms with Crippen LogP contribution in [0, 0.1) is 5.82 Å². The van der Waals surface area contributed by atoms with Crippen LogP contribution in [0.4, 0.5) is 10.1 Å². The predicted octanol–water partition coefficient (Wildman–Crippen LogP) is 3.15. The van der Waals surface area contributed by atoms with Gasteiger partial charge in [0.05, 0.1) is 24.7 Å². The molecule has 1 amide bonds. The minimum atomic E-state index is -0.538. The zero-order chi connectivity index (χ0) is 27.4. The number of nitrogens with two attached hydrogens (primary N) is 2. The van der Waals surface area contributed by atoms with E-state index in [1.807, 2.05) is 16.8 Å². The number of halogens is 3. The molecule has 2 heterocycles. The summed E-state index contributed by atoms with van der Waals surface area (Å²) in [5.74, 6) is 0.555. The van der Waals surface area contributed by atoms with E-state index in [4.69, 9.17) is 39.4 Å².